The smallest absolute Gasteiger partial charge is 0.449 e. The Morgan fingerprint density at radius 2 is 0.557 bits per heavy atom. The van der Waals surface area contributed by atoms with Gasteiger partial charge in [-0.05, 0) is 105 Å². The summed E-state index contributed by atoms with van der Waals surface area (Å²) in [5, 5.41) is 0. The minimum absolute atomic E-state index is 0. The Bertz CT molecular complexity index is 619. The predicted octanol–water partition coefficient (Wildman–Crippen LogP) is -29.3. The molecule has 0 aliphatic heterocycles. The molecule has 0 aromatic carbocycles. The highest BCUT2D eigenvalue weighted by atomic mass is 28.4. The van der Waals surface area contributed by atoms with Crippen molar-refractivity contribution in [2.75, 3.05) is 0 Å². The Labute approximate surface area is 443 Å². The van der Waals surface area contributed by atoms with Crippen LogP contribution < -0.4 is 0 Å². The SMILES string of the molecule is C.C.C.C.C=C[SiH3].C=C[SiH](O)O[SiH3].C=C[Si](O)(O)O[SiH3].C=C[Si](O)(O)O[SiH3].C=C[Si](O)(O)O[SiH3].O[SiH2]O[SiH3].O[SiH](O)O[SiH3].O[SiH](O)O[SiH3].O[SiH](O)O[SiH3].[SiH4].[SiH4].[SiH4].[SiH4].[SiH4].[SiH4].[SiH4].[SiH4]. The molecule has 398 valence electrons. The van der Waals surface area contributed by atoms with Crippen molar-refractivity contribution in [3.05, 3.63) is 61.4 Å². The van der Waals surface area contributed by atoms with Gasteiger partial charge >= 0.3 is 64.3 Å². The van der Waals surface area contributed by atoms with Crippen LogP contribution in [0.25, 0.3) is 0 Å². The molecule has 0 bridgehead atoms. The fourth-order valence-corrected chi connectivity index (χ4v) is 3.12. The zero-order valence-electron chi connectivity index (χ0n) is 29.5. The minimum atomic E-state index is -3.33. The van der Waals surface area contributed by atoms with Crippen molar-refractivity contribution in [3.8, 4) is 0 Å². The average molecular weight is 1330 g/mol. The first-order valence-corrected chi connectivity index (χ1v) is 33.1. The highest BCUT2D eigenvalue weighted by Gasteiger charge is 2.24. The van der Waals surface area contributed by atoms with Gasteiger partial charge in [-0.1, -0.05) is 55.1 Å². The fraction of sp³-hybridized carbons (Fsp3) is 0.286. The van der Waals surface area contributed by atoms with Crippen molar-refractivity contribution in [3.63, 3.8) is 0 Å². The molecule has 0 aliphatic carbocycles. The van der Waals surface area contributed by atoms with Crippen molar-refractivity contribution in [2.24, 2.45) is 0 Å². The molecule has 1 unspecified atom stereocenters. The maximum Gasteiger partial charge on any atom is 0.512 e. The third kappa shape index (κ3) is 228. The van der Waals surface area contributed by atoms with Gasteiger partial charge in [0, 0.05) is 10.2 Å². The van der Waals surface area contributed by atoms with Crippen LogP contribution in [-0.2, 0) is 32.9 Å². The molecule has 0 heterocycles. The molecule has 47 heteroatoms. The Balaban J connectivity index is -0.0000000153. The van der Waals surface area contributed by atoms with Crippen LogP contribution in [0.3, 0.4) is 0 Å². The summed E-state index contributed by atoms with van der Waals surface area (Å²) >= 11 is 0. The highest BCUT2D eigenvalue weighted by Crippen LogP contribution is 1.91. The lowest BCUT2D eigenvalue weighted by molar-refractivity contribution is 0.267. The lowest BCUT2D eigenvalue weighted by Gasteiger charge is -2.07. The van der Waals surface area contributed by atoms with E-state index < -0.39 is 74.3 Å². The van der Waals surface area contributed by atoms with Crippen molar-refractivity contribution in [2.45, 2.75) is 29.7 Å². The topological polar surface area (TPSA) is 357 Å². The molecule has 0 aromatic heterocycles. The number of hydrogen-bond acceptors (Lipinski definition) is 22. The van der Waals surface area contributed by atoms with E-state index in [1.807, 2.05) is 5.70 Å². The molecule has 0 amide bonds. The first-order chi connectivity index (χ1) is 22.3. The maximum atomic E-state index is 8.52. The van der Waals surface area contributed by atoms with Crippen LogP contribution in [0.5, 0.6) is 0 Å². The van der Waals surface area contributed by atoms with Crippen LogP contribution in [0.15, 0.2) is 61.4 Å². The Morgan fingerprint density at radius 3 is 0.557 bits per heavy atom. The van der Waals surface area contributed by atoms with Crippen molar-refractivity contribution in [1.29, 1.82) is 0 Å². The Hall–Kier alpha value is 3.24. The van der Waals surface area contributed by atoms with E-state index in [0.29, 0.717) is 83.9 Å². The third-order valence-electron chi connectivity index (χ3n) is 2.90. The summed E-state index contributed by atoms with van der Waals surface area (Å²) in [6, 6.07) is 0. The van der Waals surface area contributed by atoms with Gasteiger partial charge in [-0.3, -0.25) is 0 Å². The van der Waals surface area contributed by atoms with E-state index in [2.05, 4.69) is 65.8 Å². The summed E-state index contributed by atoms with van der Waals surface area (Å²) in [5.41, 5.74) is 6.53. The monoisotopic (exact) mass is 1330 g/mol. The molecule has 0 saturated heterocycles. The third-order valence-corrected chi connectivity index (χ3v) is 20.1. The van der Waals surface area contributed by atoms with Crippen molar-refractivity contribution < 1.29 is 100 Å². The molecule has 0 spiro atoms. The van der Waals surface area contributed by atoms with Crippen LogP contribution in [0, 0.1) is 0 Å². The van der Waals surface area contributed by atoms with Gasteiger partial charge in [0.25, 0.3) is 10.0 Å². The van der Waals surface area contributed by atoms with Gasteiger partial charge < -0.3 is 100 Å². The Kier molecular flexibility index (Phi) is 247. The Morgan fingerprint density at radius 1 is 0.426 bits per heavy atom. The van der Waals surface area contributed by atoms with E-state index in [0.717, 1.165) is 27.3 Å². The van der Waals surface area contributed by atoms with Crippen LogP contribution >= 0.6 is 0 Å². The summed E-state index contributed by atoms with van der Waals surface area (Å²) in [6.07, 6.45) is 0. The van der Waals surface area contributed by atoms with Gasteiger partial charge in [0.1, 0.15) is 83.9 Å². The van der Waals surface area contributed by atoms with Gasteiger partial charge in [-0.15, -0.1) is 18.9 Å². The predicted molar refractivity (Wildman–Crippen MR) is 352 cm³/mol. The van der Waals surface area contributed by atoms with E-state index in [1.54, 1.807) is 0 Å². The van der Waals surface area contributed by atoms with Crippen LogP contribution in [0.2, 0.25) is 0 Å². The summed E-state index contributed by atoms with van der Waals surface area (Å²) in [5.74, 6) is 0. The summed E-state index contributed by atoms with van der Waals surface area (Å²) in [7, 11) is -15.8. The van der Waals surface area contributed by atoms with E-state index in [1.165, 1.54) is 5.70 Å². The van der Waals surface area contributed by atoms with Crippen molar-refractivity contribution >= 4 is 256 Å². The fourth-order valence-electron chi connectivity index (χ4n) is 0.346. The van der Waals surface area contributed by atoms with Gasteiger partial charge in [0.2, 0.25) is 0 Å². The zero-order chi connectivity index (χ0) is 41.7. The minimum Gasteiger partial charge on any atom is -0.449 e. The van der Waals surface area contributed by atoms with Crippen LogP contribution in [0.1, 0.15) is 29.7 Å². The lowest BCUT2D eigenvalue weighted by Crippen LogP contribution is -2.35. The van der Waals surface area contributed by atoms with E-state index in [-0.39, 0.29) is 117 Å². The standard InChI is InChI=1S/3C2H8O3Si2.C2H8O2Si2.C2H6Si.4CH4.3H6O3Si2.H6O2Si2.8H4Si/c3*1-2-7(3,4)5-6;1-2-6(3)4-5;1-2-3;;;;;3*1-5(2)3-4;1-4-2-3;;;;;;;;/h3*2-4H,1H2,6H3;2-3,6H,1H2,5H3;2H,1H2,3H3;4*1H4;3*1-2,5H,4H3;1H,4H2,3H3;8*1H4. The summed E-state index contributed by atoms with van der Waals surface area (Å²) in [6.45, 7) is 16.2. The molecule has 14 N–H and O–H groups in total. The summed E-state index contributed by atoms with van der Waals surface area (Å²) < 4.78 is 34.5. The molecule has 61 heavy (non-hydrogen) atoms. The van der Waals surface area contributed by atoms with E-state index in [4.69, 9.17) is 67.1 Å². The molecule has 1 atom stereocenters. The zero-order valence-corrected chi connectivity index (χ0v) is 56.5. The highest BCUT2D eigenvalue weighted by molar-refractivity contribution is 6.67. The van der Waals surface area contributed by atoms with Crippen LogP contribution in [0.4, 0.5) is 0 Å². The average Bonchev–Trinajstić information content (AvgIpc) is 3.09. The number of hydrogen-bond donors (Lipinski definition) is 14. The molecular formula is C14H110O22Si25. The van der Waals surface area contributed by atoms with Gasteiger partial charge in [-0.2, -0.15) is 0 Å². The second-order valence-electron chi connectivity index (χ2n) is 6.57. The molecule has 0 rings (SSSR count). The largest absolute Gasteiger partial charge is 0.512 e. The quantitative estimate of drug-likeness (QED) is 0.0807. The number of rotatable bonds is 12. The van der Waals surface area contributed by atoms with E-state index in [9.17, 15) is 0 Å². The summed E-state index contributed by atoms with van der Waals surface area (Å²) in [4.78, 5) is 115. The first-order valence-electron chi connectivity index (χ1n) is 12.4. The lowest BCUT2D eigenvalue weighted by atomic mass is 11.3. The molecule has 0 aliphatic rings. The molecule has 0 aromatic rings. The van der Waals surface area contributed by atoms with Crippen molar-refractivity contribution in [1.82, 2.24) is 0 Å². The van der Waals surface area contributed by atoms with E-state index >= 15 is 0 Å². The second kappa shape index (κ2) is 110. The van der Waals surface area contributed by atoms with Gasteiger partial charge in [0.15, 0.2) is 0 Å². The molecule has 0 radical (unpaired) electrons. The first kappa shape index (κ1) is 137. The van der Waals surface area contributed by atoms with Gasteiger partial charge in [0.05, 0.1) is 0 Å². The second-order valence-corrected chi connectivity index (χ2v) is 30.8. The molecular weight excluding hydrogens is 1220 g/mol. The normalized spacial score (nSPS) is 8.93. The molecule has 0 saturated carbocycles. The molecule has 0 fully saturated rings. The molecule has 22 nitrogen and oxygen atoms in total. The maximum absolute atomic E-state index is 8.52. The van der Waals surface area contributed by atoms with Gasteiger partial charge in [-0.25, -0.2) is 0 Å². The van der Waals surface area contributed by atoms with Crippen LogP contribution in [-0.4, -0.2) is 323 Å².